The number of nitrogens with one attached hydrogen (secondary N) is 1. The van der Waals surface area contributed by atoms with Gasteiger partial charge in [-0.25, -0.2) is 4.98 Å². The first kappa shape index (κ1) is 16.5. The number of thiophene rings is 1. The summed E-state index contributed by atoms with van der Waals surface area (Å²) in [5, 5.41) is 4.91. The first-order valence-corrected chi connectivity index (χ1v) is 8.81. The van der Waals surface area contributed by atoms with Crippen LogP contribution in [0.2, 0.25) is 0 Å². The lowest BCUT2D eigenvalue weighted by atomic mass is 10.0. The van der Waals surface area contributed by atoms with Crippen LogP contribution in [0.4, 0.5) is 5.69 Å². The smallest absolute Gasteiger partial charge is 0.236 e. The Morgan fingerprint density at radius 2 is 2.12 bits per heavy atom. The molecule has 2 heterocycles. The average Bonchev–Trinajstić information content (AvgIpc) is 3.18. The molecule has 0 atom stereocenters. The van der Waals surface area contributed by atoms with Crippen LogP contribution in [0, 0.1) is 6.92 Å². The molecule has 0 bridgehead atoms. The average molecular weight is 340 g/mol. The summed E-state index contributed by atoms with van der Waals surface area (Å²) in [5.41, 5.74) is 2.69. The number of rotatable bonds is 5. The van der Waals surface area contributed by atoms with E-state index in [4.69, 9.17) is 4.42 Å². The number of aromatic nitrogens is 1. The highest BCUT2D eigenvalue weighted by Gasteiger charge is 2.15. The van der Waals surface area contributed by atoms with Crippen molar-refractivity contribution in [1.82, 2.24) is 4.98 Å². The molecule has 5 heteroatoms. The lowest BCUT2D eigenvalue weighted by molar-refractivity contribution is -0.115. The topological polar surface area (TPSA) is 55.1 Å². The molecule has 0 aliphatic carbocycles. The molecule has 2 aromatic heterocycles. The third-order valence-corrected chi connectivity index (χ3v) is 4.65. The fraction of sp³-hybridized carbons (Fsp3) is 0.263. The minimum Gasteiger partial charge on any atom is -0.440 e. The van der Waals surface area contributed by atoms with Crippen molar-refractivity contribution in [2.24, 2.45) is 0 Å². The van der Waals surface area contributed by atoms with Crippen LogP contribution in [-0.4, -0.2) is 10.9 Å². The van der Waals surface area contributed by atoms with Gasteiger partial charge >= 0.3 is 0 Å². The second-order valence-corrected chi connectivity index (χ2v) is 6.95. The van der Waals surface area contributed by atoms with Gasteiger partial charge in [-0.05, 0) is 42.0 Å². The van der Waals surface area contributed by atoms with Gasteiger partial charge in [-0.3, -0.25) is 4.79 Å². The van der Waals surface area contributed by atoms with E-state index >= 15 is 0 Å². The minimum absolute atomic E-state index is 0.0926. The van der Waals surface area contributed by atoms with Gasteiger partial charge in [-0.1, -0.05) is 32.0 Å². The van der Waals surface area contributed by atoms with Gasteiger partial charge in [0.2, 0.25) is 11.8 Å². The monoisotopic (exact) mass is 340 g/mol. The van der Waals surface area contributed by atoms with Crippen molar-refractivity contribution in [3.63, 3.8) is 0 Å². The highest BCUT2D eigenvalue weighted by Crippen LogP contribution is 2.26. The van der Waals surface area contributed by atoms with Crippen LogP contribution < -0.4 is 5.32 Å². The van der Waals surface area contributed by atoms with Gasteiger partial charge in [-0.15, -0.1) is 11.3 Å². The Balaban J connectivity index is 1.70. The Hall–Kier alpha value is -2.40. The molecule has 0 fully saturated rings. The number of nitrogens with zero attached hydrogens (tertiary/aromatic N) is 1. The Labute approximate surface area is 145 Å². The number of carbonyl (C=O) groups is 1. The van der Waals surface area contributed by atoms with E-state index in [9.17, 15) is 4.79 Å². The maximum Gasteiger partial charge on any atom is 0.236 e. The van der Waals surface area contributed by atoms with E-state index in [1.807, 2.05) is 42.6 Å². The summed E-state index contributed by atoms with van der Waals surface area (Å²) in [6.07, 6.45) is 0.201. The third kappa shape index (κ3) is 3.74. The molecule has 0 spiro atoms. The van der Waals surface area contributed by atoms with Crippen LogP contribution >= 0.6 is 11.3 Å². The normalized spacial score (nSPS) is 11.0. The van der Waals surface area contributed by atoms with Crippen LogP contribution in [0.15, 0.2) is 46.2 Å². The molecule has 1 amide bonds. The van der Waals surface area contributed by atoms with Gasteiger partial charge in [0.1, 0.15) is 5.76 Å². The fourth-order valence-corrected chi connectivity index (χ4v) is 3.08. The zero-order valence-electron chi connectivity index (χ0n) is 14.0. The standard InChI is InChI=1S/C19H20N2O2S/c1-12(2)14-6-4-7-15(10-14)20-18(22)11-16-13(3)23-19(21-16)17-8-5-9-24-17/h4-10,12H,11H2,1-3H3,(H,20,22). The molecule has 0 saturated heterocycles. The second-order valence-electron chi connectivity index (χ2n) is 6.00. The van der Waals surface area contributed by atoms with Gasteiger partial charge in [-0.2, -0.15) is 0 Å². The van der Waals surface area contributed by atoms with Crippen LogP contribution in [0.5, 0.6) is 0 Å². The lowest BCUT2D eigenvalue weighted by Crippen LogP contribution is -2.15. The zero-order valence-corrected chi connectivity index (χ0v) is 14.8. The predicted octanol–water partition coefficient (Wildman–Crippen LogP) is 5.02. The van der Waals surface area contributed by atoms with Crippen molar-refractivity contribution in [3.05, 3.63) is 58.8 Å². The maximum absolute atomic E-state index is 12.3. The highest BCUT2D eigenvalue weighted by molar-refractivity contribution is 7.13. The Morgan fingerprint density at radius 1 is 1.29 bits per heavy atom. The molecule has 1 N–H and O–H groups in total. The van der Waals surface area contributed by atoms with Crippen molar-refractivity contribution in [3.8, 4) is 10.8 Å². The van der Waals surface area contributed by atoms with Crippen molar-refractivity contribution in [2.45, 2.75) is 33.1 Å². The van der Waals surface area contributed by atoms with Crippen molar-refractivity contribution in [1.29, 1.82) is 0 Å². The van der Waals surface area contributed by atoms with E-state index in [0.717, 1.165) is 10.6 Å². The molecule has 0 saturated carbocycles. The Kier molecular flexibility index (Phi) is 4.81. The van der Waals surface area contributed by atoms with Crippen molar-refractivity contribution < 1.29 is 9.21 Å². The first-order chi connectivity index (χ1) is 11.5. The predicted molar refractivity (Wildman–Crippen MR) is 97.4 cm³/mol. The number of amides is 1. The summed E-state index contributed by atoms with van der Waals surface area (Å²) >= 11 is 1.57. The van der Waals surface area contributed by atoms with Gasteiger partial charge in [0.25, 0.3) is 0 Å². The summed E-state index contributed by atoms with van der Waals surface area (Å²) in [5.74, 6) is 1.59. The van der Waals surface area contributed by atoms with Crippen LogP contribution in [-0.2, 0) is 11.2 Å². The van der Waals surface area contributed by atoms with E-state index in [1.165, 1.54) is 5.56 Å². The molecule has 4 nitrogen and oxygen atoms in total. The number of hydrogen-bond donors (Lipinski definition) is 1. The summed E-state index contributed by atoms with van der Waals surface area (Å²) in [6.45, 7) is 6.10. The first-order valence-electron chi connectivity index (χ1n) is 7.93. The molecule has 0 aliphatic rings. The number of hydrogen-bond acceptors (Lipinski definition) is 4. The SMILES string of the molecule is Cc1oc(-c2cccs2)nc1CC(=O)Nc1cccc(C(C)C)c1. The molecule has 0 unspecified atom stereocenters. The molecule has 0 aliphatic heterocycles. The van der Waals surface area contributed by atoms with E-state index in [-0.39, 0.29) is 12.3 Å². The Morgan fingerprint density at radius 3 is 2.83 bits per heavy atom. The molecule has 24 heavy (non-hydrogen) atoms. The van der Waals surface area contributed by atoms with E-state index in [2.05, 4.69) is 30.2 Å². The Bertz CT molecular complexity index is 835. The van der Waals surface area contributed by atoms with E-state index < -0.39 is 0 Å². The quantitative estimate of drug-likeness (QED) is 0.710. The van der Waals surface area contributed by atoms with Gasteiger partial charge in [0.15, 0.2) is 0 Å². The molecular formula is C19H20N2O2S. The zero-order chi connectivity index (χ0) is 17.1. The summed E-state index contributed by atoms with van der Waals surface area (Å²) < 4.78 is 5.68. The summed E-state index contributed by atoms with van der Waals surface area (Å²) in [4.78, 5) is 17.8. The summed E-state index contributed by atoms with van der Waals surface area (Å²) in [7, 11) is 0. The maximum atomic E-state index is 12.3. The largest absolute Gasteiger partial charge is 0.440 e. The van der Waals surface area contributed by atoms with Gasteiger partial charge < -0.3 is 9.73 Å². The second kappa shape index (κ2) is 7.01. The van der Waals surface area contributed by atoms with Crippen LogP contribution in [0.3, 0.4) is 0 Å². The molecule has 124 valence electrons. The van der Waals surface area contributed by atoms with E-state index in [0.29, 0.717) is 23.3 Å². The fourth-order valence-electron chi connectivity index (χ4n) is 2.43. The number of carbonyl (C=O) groups excluding carboxylic acids is 1. The van der Waals surface area contributed by atoms with Gasteiger partial charge in [0, 0.05) is 5.69 Å². The number of aryl methyl sites for hydroxylation is 1. The lowest BCUT2D eigenvalue weighted by Gasteiger charge is -2.09. The van der Waals surface area contributed by atoms with E-state index in [1.54, 1.807) is 11.3 Å². The number of benzene rings is 1. The minimum atomic E-state index is -0.0926. The summed E-state index contributed by atoms with van der Waals surface area (Å²) in [6, 6.07) is 11.8. The number of anilines is 1. The third-order valence-electron chi connectivity index (χ3n) is 3.79. The molecule has 3 rings (SSSR count). The molecule has 3 aromatic rings. The molecule has 0 radical (unpaired) electrons. The molecular weight excluding hydrogens is 320 g/mol. The van der Waals surface area contributed by atoms with Crippen LogP contribution in [0.25, 0.3) is 10.8 Å². The van der Waals surface area contributed by atoms with Crippen LogP contribution in [0.1, 0.15) is 36.8 Å². The molecule has 1 aromatic carbocycles. The van der Waals surface area contributed by atoms with Gasteiger partial charge in [0.05, 0.1) is 17.0 Å². The van der Waals surface area contributed by atoms with Crippen molar-refractivity contribution in [2.75, 3.05) is 5.32 Å². The number of oxazole rings is 1. The van der Waals surface area contributed by atoms with Crippen molar-refractivity contribution >= 4 is 22.9 Å². The highest BCUT2D eigenvalue weighted by atomic mass is 32.1.